The van der Waals surface area contributed by atoms with Crippen LogP contribution in [0.5, 0.6) is 5.75 Å². The SMILES string of the molecule is CCC(C)NC(=O)c1sc(NC(=O)Nc2ccccc2OC)nc1C. The zero-order valence-corrected chi connectivity index (χ0v) is 15.5. The predicted octanol–water partition coefficient (Wildman–Crippen LogP) is 3.63. The molecule has 8 heteroatoms. The zero-order chi connectivity index (χ0) is 18.4. The molecule has 3 amide bonds. The molecule has 1 atom stereocenters. The number of carbonyl (C=O) groups excluding carboxylic acids is 2. The summed E-state index contributed by atoms with van der Waals surface area (Å²) in [6.07, 6.45) is 0.843. The van der Waals surface area contributed by atoms with Gasteiger partial charge in [0.15, 0.2) is 5.13 Å². The highest BCUT2D eigenvalue weighted by Gasteiger charge is 2.18. The fourth-order valence-corrected chi connectivity index (χ4v) is 2.92. The van der Waals surface area contributed by atoms with Crippen LogP contribution in [0.25, 0.3) is 0 Å². The number of anilines is 2. The van der Waals surface area contributed by atoms with Gasteiger partial charge in [0.05, 0.1) is 18.5 Å². The molecule has 2 rings (SSSR count). The molecule has 0 bridgehead atoms. The lowest BCUT2D eigenvalue weighted by Crippen LogP contribution is -2.31. The molecule has 1 unspecified atom stereocenters. The van der Waals surface area contributed by atoms with Crippen molar-refractivity contribution in [2.45, 2.75) is 33.2 Å². The van der Waals surface area contributed by atoms with Crippen LogP contribution >= 0.6 is 11.3 Å². The average molecular weight is 362 g/mol. The van der Waals surface area contributed by atoms with Gasteiger partial charge in [0, 0.05) is 6.04 Å². The number of aromatic nitrogens is 1. The minimum atomic E-state index is -0.452. The quantitative estimate of drug-likeness (QED) is 0.731. The molecule has 0 aliphatic rings. The number of urea groups is 1. The van der Waals surface area contributed by atoms with Gasteiger partial charge in [0.2, 0.25) is 0 Å². The monoisotopic (exact) mass is 362 g/mol. The molecule has 7 nitrogen and oxygen atoms in total. The molecule has 0 saturated carbocycles. The zero-order valence-electron chi connectivity index (χ0n) is 14.7. The summed E-state index contributed by atoms with van der Waals surface area (Å²) in [6, 6.07) is 6.72. The molecule has 0 aliphatic heterocycles. The summed E-state index contributed by atoms with van der Waals surface area (Å²) >= 11 is 1.14. The Morgan fingerprint density at radius 3 is 2.68 bits per heavy atom. The maximum Gasteiger partial charge on any atom is 0.325 e. The average Bonchev–Trinajstić information content (AvgIpc) is 2.95. The van der Waals surface area contributed by atoms with E-state index in [9.17, 15) is 9.59 Å². The lowest BCUT2D eigenvalue weighted by molar-refractivity contribution is 0.0942. The van der Waals surface area contributed by atoms with E-state index in [4.69, 9.17) is 4.74 Å². The first-order valence-corrected chi connectivity index (χ1v) is 8.75. The van der Waals surface area contributed by atoms with Crippen LogP contribution in [0.4, 0.5) is 15.6 Å². The third-order valence-corrected chi connectivity index (χ3v) is 4.64. The third-order valence-electron chi connectivity index (χ3n) is 3.57. The van der Waals surface area contributed by atoms with Gasteiger partial charge in [-0.2, -0.15) is 0 Å². The van der Waals surface area contributed by atoms with E-state index < -0.39 is 6.03 Å². The van der Waals surface area contributed by atoms with Crippen molar-refractivity contribution in [1.29, 1.82) is 0 Å². The minimum absolute atomic E-state index is 0.0826. The Morgan fingerprint density at radius 1 is 1.28 bits per heavy atom. The van der Waals surface area contributed by atoms with E-state index in [1.54, 1.807) is 25.1 Å². The molecule has 3 N–H and O–H groups in total. The summed E-state index contributed by atoms with van der Waals surface area (Å²) in [5, 5.41) is 8.60. The summed E-state index contributed by atoms with van der Waals surface area (Å²) < 4.78 is 5.19. The van der Waals surface area contributed by atoms with Gasteiger partial charge < -0.3 is 15.4 Å². The second kappa shape index (κ2) is 8.48. The Labute approximate surface area is 150 Å². The van der Waals surface area contributed by atoms with E-state index in [-0.39, 0.29) is 11.9 Å². The molecule has 1 aromatic heterocycles. The van der Waals surface area contributed by atoms with Gasteiger partial charge in [0.25, 0.3) is 5.91 Å². The maximum atomic E-state index is 12.2. The Morgan fingerprint density at radius 2 is 2.00 bits per heavy atom. The molecule has 1 heterocycles. The third kappa shape index (κ3) is 4.93. The highest BCUT2D eigenvalue weighted by atomic mass is 32.1. The van der Waals surface area contributed by atoms with Crippen LogP contribution in [-0.4, -0.2) is 30.1 Å². The van der Waals surface area contributed by atoms with Crippen LogP contribution in [0, 0.1) is 6.92 Å². The standard InChI is InChI=1S/C17H22N4O3S/c1-5-10(2)18-15(22)14-11(3)19-17(25-14)21-16(23)20-12-8-6-7-9-13(12)24-4/h6-10H,5H2,1-4H3,(H,18,22)(H2,19,20,21,23). The molecule has 0 spiro atoms. The second-order valence-electron chi connectivity index (χ2n) is 5.50. The van der Waals surface area contributed by atoms with Crippen molar-refractivity contribution in [2.24, 2.45) is 0 Å². The predicted molar refractivity (Wildman–Crippen MR) is 99.7 cm³/mol. The van der Waals surface area contributed by atoms with Gasteiger partial charge in [-0.3, -0.25) is 10.1 Å². The van der Waals surface area contributed by atoms with Crippen molar-refractivity contribution < 1.29 is 14.3 Å². The number of aryl methyl sites for hydroxylation is 1. The first-order chi connectivity index (χ1) is 11.9. The van der Waals surface area contributed by atoms with E-state index in [1.807, 2.05) is 19.9 Å². The Kier molecular flexibility index (Phi) is 6.35. The van der Waals surface area contributed by atoms with Crippen molar-refractivity contribution >= 4 is 34.1 Å². The largest absolute Gasteiger partial charge is 0.495 e. The lowest BCUT2D eigenvalue weighted by Gasteiger charge is -2.10. The second-order valence-corrected chi connectivity index (χ2v) is 6.49. The summed E-state index contributed by atoms with van der Waals surface area (Å²) in [5.74, 6) is 0.379. The number of carbonyl (C=O) groups is 2. The fourth-order valence-electron chi connectivity index (χ4n) is 2.05. The molecule has 134 valence electrons. The Balaban J connectivity index is 2.04. The lowest BCUT2D eigenvalue weighted by atomic mass is 10.2. The number of hydrogen-bond donors (Lipinski definition) is 3. The van der Waals surface area contributed by atoms with Crippen molar-refractivity contribution in [2.75, 3.05) is 17.7 Å². The Bertz CT molecular complexity index is 760. The maximum absolute atomic E-state index is 12.2. The number of amides is 3. The molecule has 2 aromatic rings. The number of thiazole rings is 1. The van der Waals surface area contributed by atoms with Crippen molar-refractivity contribution in [3.8, 4) is 5.75 Å². The number of hydrogen-bond acceptors (Lipinski definition) is 5. The number of nitrogens with one attached hydrogen (secondary N) is 3. The van der Waals surface area contributed by atoms with Gasteiger partial charge in [-0.25, -0.2) is 9.78 Å². The van der Waals surface area contributed by atoms with Crippen molar-refractivity contribution in [3.63, 3.8) is 0 Å². The summed E-state index contributed by atoms with van der Waals surface area (Å²) in [5.41, 5.74) is 1.13. The summed E-state index contributed by atoms with van der Waals surface area (Å²) in [4.78, 5) is 29.1. The number of ether oxygens (including phenoxy) is 1. The van der Waals surface area contributed by atoms with Crippen LogP contribution in [-0.2, 0) is 0 Å². The molecular formula is C17H22N4O3S. The van der Waals surface area contributed by atoms with E-state index in [2.05, 4.69) is 20.9 Å². The van der Waals surface area contributed by atoms with Crippen LogP contribution in [0.15, 0.2) is 24.3 Å². The normalized spacial score (nSPS) is 11.5. The van der Waals surface area contributed by atoms with E-state index >= 15 is 0 Å². The van der Waals surface area contributed by atoms with E-state index in [1.165, 1.54) is 7.11 Å². The smallest absolute Gasteiger partial charge is 0.325 e. The van der Waals surface area contributed by atoms with Gasteiger partial charge in [0.1, 0.15) is 10.6 Å². The molecule has 0 radical (unpaired) electrons. The summed E-state index contributed by atoms with van der Waals surface area (Å²) in [6.45, 7) is 5.68. The van der Waals surface area contributed by atoms with Crippen LogP contribution in [0.1, 0.15) is 35.6 Å². The molecule has 25 heavy (non-hydrogen) atoms. The number of nitrogens with zero attached hydrogens (tertiary/aromatic N) is 1. The molecule has 0 fully saturated rings. The first kappa shape index (κ1) is 18.7. The van der Waals surface area contributed by atoms with E-state index in [0.717, 1.165) is 17.8 Å². The van der Waals surface area contributed by atoms with Gasteiger partial charge in [-0.05, 0) is 32.4 Å². The van der Waals surface area contributed by atoms with Crippen molar-refractivity contribution in [1.82, 2.24) is 10.3 Å². The van der Waals surface area contributed by atoms with Gasteiger partial charge in [-0.1, -0.05) is 30.4 Å². The molecular weight excluding hydrogens is 340 g/mol. The molecule has 0 aliphatic carbocycles. The van der Waals surface area contributed by atoms with E-state index in [0.29, 0.717) is 27.1 Å². The molecule has 0 saturated heterocycles. The molecule has 1 aromatic carbocycles. The van der Waals surface area contributed by atoms with Crippen molar-refractivity contribution in [3.05, 3.63) is 34.8 Å². The van der Waals surface area contributed by atoms with Gasteiger partial charge in [-0.15, -0.1) is 0 Å². The topological polar surface area (TPSA) is 92.4 Å². The highest BCUT2D eigenvalue weighted by molar-refractivity contribution is 7.17. The number of para-hydroxylation sites is 2. The number of rotatable bonds is 6. The number of benzene rings is 1. The first-order valence-electron chi connectivity index (χ1n) is 7.93. The fraction of sp³-hybridized carbons (Fsp3) is 0.353. The summed E-state index contributed by atoms with van der Waals surface area (Å²) in [7, 11) is 1.53. The minimum Gasteiger partial charge on any atom is -0.495 e. The van der Waals surface area contributed by atoms with Gasteiger partial charge >= 0.3 is 6.03 Å². The highest BCUT2D eigenvalue weighted by Crippen LogP contribution is 2.25. The van der Waals surface area contributed by atoms with Crippen LogP contribution in [0.3, 0.4) is 0 Å². The van der Waals surface area contributed by atoms with Crippen LogP contribution in [0.2, 0.25) is 0 Å². The van der Waals surface area contributed by atoms with Crippen LogP contribution < -0.4 is 20.7 Å². The number of methoxy groups -OCH3 is 1. The Hall–Kier alpha value is -2.61.